The Labute approximate surface area is 203 Å². The number of fused-ring (bicyclic) bond motifs is 5. The first-order chi connectivity index (χ1) is 17.1. The van der Waals surface area contributed by atoms with Crippen molar-refractivity contribution in [3.63, 3.8) is 0 Å². The number of Topliss-reactive ketones (excluding diaryl/α,β-unsaturated/α-hetero) is 1. The molecule has 3 aromatic carbocycles. The molecule has 6 nitrogen and oxygen atoms in total. The number of benzene rings is 3. The molecule has 6 heteroatoms. The van der Waals surface area contributed by atoms with E-state index in [1.807, 2.05) is 83.9 Å². The van der Waals surface area contributed by atoms with E-state index in [2.05, 4.69) is 0 Å². The Morgan fingerprint density at radius 1 is 0.857 bits per heavy atom. The summed E-state index contributed by atoms with van der Waals surface area (Å²) in [6.07, 6.45) is 3.84. The fourth-order valence-electron chi connectivity index (χ4n) is 5.76. The van der Waals surface area contributed by atoms with Gasteiger partial charge in [-0.1, -0.05) is 66.7 Å². The fraction of sp³-hybridized carbons (Fsp3) is 0.207. The van der Waals surface area contributed by atoms with Crippen LogP contribution in [0.4, 0.5) is 0 Å². The lowest BCUT2D eigenvalue weighted by molar-refractivity contribution is -0.142. The maximum absolute atomic E-state index is 13.8. The molecule has 174 valence electrons. The molecule has 4 atom stereocenters. The third-order valence-electron chi connectivity index (χ3n) is 7.38. The Morgan fingerprint density at radius 2 is 1.54 bits per heavy atom. The van der Waals surface area contributed by atoms with Crippen LogP contribution in [0.15, 0.2) is 85.1 Å². The quantitative estimate of drug-likeness (QED) is 0.420. The van der Waals surface area contributed by atoms with Gasteiger partial charge in [0.25, 0.3) is 0 Å². The molecule has 2 saturated heterocycles. The highest BCUT2D eigenvalue weighted by Gasteiger charge is 2.64. The first-order valence-corrected chi connectivity index (χ1v) is 11.7. The molecule has 0 unspecified atom stereocenters. The lowest BCUT2D eigenvalue weighted by Crippen LogP contribution is -2.44. The molecule has 0 spiro atoms. The standard InChI is InChI=1S/C29H24N2O4/c1-35-21-13-11-18(12-14-21)17-31-28(33)23-24(29(31)34)26(27(32)20-8-3-2-4-9-20)30-16-15-19-7-5-6-10-22(19)25(23)30/h2-16,23-26H,17H2,1H3/t23-,24+,25+,26-/m0/s1. The summed E-state index contributed by atoms with van der Waals surface area (Å²) in [7, 11) is 1.59. The van der Waals surface area contributed by atoms with E-state index in [9.17, 15) is 14.4 Å². The van der Waals surface area contributed by atoms with Gasteiger partial charge in [0.2, 0.25) is 11.8 Å². The van der Waals surface area contributed by atoms with Crippen molar-refractivity contribution in [2.75, 3.05) is 7.11 Å². The molecule has 6 rings (SSSR count). The van der Waals surface area contributed by atoms with Gasteiger partial charge in [0.1, 0.15) is 11.8 Å². The van der Waals surface area contributed by atoms with E-state index >= 15 is 0 Å². The molecule has 0 radical (unpaired) electrons. The highest BCUT2D eigenvalue weighted by atomic mass is 16.5. The third kappa shape index (κ3) is 3.28. The molecule has 2 fully saturated rings. The van der Waals surface area contributed by atoms with Crippen LogP contribution in [0.25, 0.3) is 6.08 Å². The summed E-state index contributed by atoms with van der Waals surface area (Å²) < 4.78 is 5.22. The van der Waals surface area contributed by atoms with Gasteiger partial charge >= 0.3 is 0 Å². The van der Waals surface area contributed by atoms with Crippen molar-refractivity contribution in [2.24, 2.45) is 11.8 Å². The van der Waals surface area contributed by atoms with Crippen LogP contribution in [0.1, 0.15) is 33.1 Å². The molecule has 0 aromatic heterocycles. The molecule has 0 aliphatic carbocycles. The number of likely N-dealkylation sites (tertiary alicyclic amines) is 1. The Kier molecular flexibility index (Phi) is 5.02. The number of carbonyl (C=O) groups is 3. The van der Waals surface area contributed by atoms with Crippen LogP contribution in [-0.4, -0.2) is 40.5 Å². The summed E-state index contributed by atoms with van der Waals surface area (Å²) >= 11 is 0. The van der Waals surface area contributed by atoms with Crippen molar-refractivity contribution in [1.29, 1.82) is 0 Å². The first-order valence-electron chi connectivity index (χ1n) is 11.7. The summed E-state index contributed by atoms with van der Waals surface area (Å²) in [6.45, 7) is 0.172. The van der Waals surface area contributed by atoms with Crippen molar-refractivity contribution in [2.45, 2.75) is 18.6 Å². The van der Waals surface area contributed by atoms with Crippen LogP contribution in [0.2, 0.25) is 0 Å². The summed E-state index contributed by atoms with van der Waals surface area (Å²) in [5.74, 6) is -1.30. The molecule has 35 heavy (non-hydrogen) atoms. The molecular weight excluding hydrogens is 440 g/mol. The van der Waals surface area contributed by atoms with Gasteiger partial charge in [0.15, 0.2) is 5.78 Å². The van der Waals surface area contributed by atoms with Crippen molar-refractivity contribution in [3.05, 3.63) is 107 Å². The van der Waals surface area contributed by atoms with Gasteiger partial charge < -0.3 is 9.64 Å². The Balaban J connectivity index is 1.42. The fourth-order valence-corrected chi connectivity index (χ4v) is 5.76. The maximum atomic E-state index is 13.8. The number of amides is 2. The average molecular weight is 465 g/mol. The van der Waals surface area contributed by atoms with E-state index in [1.165, 1.54) is 4.90 Å². The van der Waals surface area contributed by atoms with Crippen LogP contribution < -0.4 is 4.74 Å². The number of ether oxygens (including phenoxy) is 1. The van der Waals surface area contributed by atoms with Crippen molar-refractivity contribution >= 4 is 23.7 Å². The molecule has 0 saturated carbocycles. The normalized spacial score (nSPS) is 24.3. The molecule has 3 heterocycles. The van der Waals surface area contributed by atoms with Gasteiger partial charge in [-0.3, -0.25) is 19.3 Å². The molecule has 2 amide bonds. The number of hydrogen-bond acceptors (Lipinski definition) is 5. The minimum absolute atomic E-state index is 0.139. The number of methoxy groups -OCH3 is 1. The molecule has 3 aromatic rings. The number of carbonyl (C=O) groups excluding carboxylic acids is 3. The largest absolute Gasteiger partial charge is 0.497 e. The van der Waals surface area contributed by atoms with E-state index in [0.717, 1.165) is 16.7 Å². The van der Waals surface area contributed by atoms with Gasteiger partial charge in [-0.05, 0) is 34.9 Å². The SMILES string of the molecule is COc1ccc(CN2C(=O)[C@@H]3[C@H](C2=O)[C@H]2c4ccccc4C=CN2[C@@H]3C(=O)c2ccccc2)cc1. The minimum atomic E-state index is -0.741. The zero-order valence-electron chi connectivity index (χ0n) is 19.2. The summed E-state index contributed by atoms with van der Waals surface area (Å²) in [5.41, 5.74) is 3.35. The smallest absolute Gasteiger partial charge is 0.236 e. The summed E-state index contributed by atoms with van der Waals surface area (Å²) in [4.78, 5) is 44.7. The number of ketones is 1. The molecular formula is C29H24N2O4. The topological polar surface area (TPSA) is 66.9 Å². The third-order valence-corrected chi connectivity index (χ3v) is 7.38. The molecule has 3 aliphatic heterocycles. The van der Waals surface area contributed by atoms with Crippen LogP contribution >= 0.6 is 0 Å². The number of rotatable bonds is 5. The number of hydrogen-bond donors (Lipinski definition) is 0. The first kappa shape index (κ1) is 21.4. The Morgan fingerprint density at radius 3 is 2.29 bits per heavy atom. The average Bonchev–Trinajstić information content (AvgIpc) is 3.37. The Bertz CT molecular complexity index is 1350. The molecule has 0 bridgehead atoms. The van der Waals surface area contributed by atoms with E-state index < -0.39 is 17.9 Å². The highest BCUT2D eigenvalue weighted by molar-refractivity contribution is 6.12. The summed E-state index contributed by atoms with van der Waals surface area (Å²) in [5, 5.41) is 0. The van der Waals surface area contributed by atoms with E-state index in [1.54, 1.807) is 19.2 Å². The molecule has 0 N–H and O–H groups in total. The van der Waals surface area contributed by atoms with E-state index in [4.69, 9.17) is 4.74 Å². The number of imide groups is 1. The van der Waals surface area contributed by atoms with Crippen molar-refractivity contribution in [1.82, 2.24) is 9.80 Å². The monoisotopic (exact) mass is 464 g/mol. The van der Waals surface area contributed by atoms with E-state index in [0.29, 0.717) is 11.3 Å². The van der Waals surface area contributed by atoms with Crippen LogP contribution in [-0.2, 0) is 16.1 Å². The van der Waals surface area contributed by atoms with Gasteiger partial charge in [0.05, 0.1) is 31.5 Å². The van der Waals surface area contributed by atoms with E-state index in [-0.39, 0.29) is 30.2 Å². The van der Waals surface area contributed by atoms with Crippen molar-refractivity contribution < 1.29 is 19.1 Å². The van der Waals surface area contributed by atoms with Crippen LogP contribution in [0.5, 0.6) is 5.75 Å². The maximum Gasteiger partial charge on any atom is 0.236 e. The Hall–Kier alpha value is -4.19. The zero-order chi connectivity index (χ0) is 24.1. The lowest BCUT2D eigenvalue weighted by Gasteiger charge is -2.35. The van der Waals surface area contributed by atoms with Gasteiger partial charge in [-0.15, -0.1) is 0 Å². The predicted molar refractivity (Wildman–Crippen MR) is 130 cm³/mol. The minimum Gasteiger partial charge on any atom is -0.497 e. The van der Waals surface area contributed by atoms with Crippen LogP contribution in [0.3, 0.4) is 0 Å². The molecule has 3 aliphatic rings. The van der Waals surface area contributed by atoms with Gasteiger partial charge in [-0.2, -0.15) is 0 Å². The van der Waals surface area contributed by atoms with Gasteiger partial charge in [0, 0.05) is 11.8 Å². The second-order valence-corrected chi connectivity index (χ2v) is 9.17. The summed E-state index contributed by atoms with van der Waals surface area (Å²) in [6, 6.07) is 23.1. The zero-order valence-corrected chi connectivity index (χ0v) is 19.2. The second-order valence-electron chi connectivity index (χ2n) is 9.17. The van der Waals surface area contributed by atoms with Crippen LogP contribution in [0, 0.1) is 11.8 Å². The van der Waals surface area contributed by atoms with Gasteiger partial charge in [-0.25, -0.2) is 0 Å². The second kappa shape index (κ2) is 8.24. The number of nitrogens with zero attached hydrogens (tertiary/aromatic N) is 2. The lowest BCUT2D eigenvalue weighted by atomic mass is 9.83. The highest BCUT2D eigenvalue weighted by Crippen LogP contribution is 2.53. The van der Waals surface area contributed by atoms with Crippen molar-refractivity contribution in [3.8, 4) is 5.75 Å². The predicted octanol–water partition coefficient (Wildman–Crippen LogP) is 4.09.